The zero-order valence-corrected chi connectivity index (χ0v) is 21.1. The van der Waals surface area contributed by atoms with E-state index in [2.05, 4.69) is 19.9 Å². The lowest BCUT2D eigenvalue weighted by molar-refractivity contribution is -0.113. The Labute approximate surface area is 213 Å². The molecule has 0 N–H and O–H groups in total. The quantitative estimate of drug-likeness (QED) is 0.528. The van der Waals surface area contributed by atoms with E-state index in [4.69, 9.17) is 19.2 Å². The molecule has 1 atom stereocenters. The summed E-state index contributed by atoms with van der Waals surface area (Å²) in [7, 11) is 3.20. The monoisotopic (exact) mass is 516 g/mol. The van der Waals surface area contributed by atoms with Gasteiger partial charge in [0.25, 0.3) is 11.8 Å². The molecule has 3 aliphatic heterocycles. The Bertz CT molecular complexity index is 1190. The van der Waals surface area contributed by atoms with Crippen molar-refractivity contribution in [1.29, 1.82) is 0 Å². The van der Waals surface area contributed by atoms with Crippen LogP contribution < -0.4 is 14.4 Å². The number of likely N-dealkylation sites (tertiary alicyclic amines) is 1. The molecule has 37 heavy (non-hydrogen) atoms. The van der Waals surface area contributed by atoms with Gasteiger partial charge in [-0.2, -0.15) is 9.97 Å². The number of amides is 1. The highest BCUT2D eigenvalue weighted by molar-refractivity contribution is 6.07. The maximum atomic E-state index is 13.4. The van der Waals surface area contributed by atoms with Crippen molar-refractivity contribution >= 4 is 17.4 Å². The van der Waals surface area contributed by atoms with E-state index in [1.54, 1.807) is 33.4 Å². The molecule has 5 rings (SSSR count). The van der Waals surface area contributed by atoms with Gasteiger partial charge in [-0.25, -0.2) is 8.78 Å². The Balaban J connectivity index is 1.33. The SMILES string of the molecule is COC[C@@H](C)Oc1nc(C(=O)N2CC(F)(F)C2)cc(N2CCC(C3=NCc4nccc(OC)c43)CC2)n1. The largest absolute Gasteiger partial charge is 0.496 e. The van der Waals surface area contributed by atoms with Gasteiger partial charge < -0.3 is 24.0 Å². The predicted molar refractivity (Wildman–Crippen MR) is 131 cm³/mol. The summed E-state index contributed by atoms with van der Waals surface area (Å²) < 4.78 is 43.2. The Hall–Kier alpha value is -3.41. The van der Waals surface area contributed by atoms with Crippen LogP contribution in [0.4, 0.5) is 14.6 Å². The molecule has 0 aliphatic carbocycles. The van der Waals surface area contributed by atoms with E-state index in [1.165, 1.54) is 0 Å². The molecule has 0 radical (unpaired) electrons. The first-order chi connectivity index (χ1) is 17.8. The summed E-state index contributed by atoms with van der Waals surface area (Å²) >= 11 is 0. The molecular weight excluding hydrogens is 486 g/mol. The van der Waals surface area contributed by atoms with Crippen LogP contribution in [-0.4, -0.2) is 90.5 Å². The number of piperidine rings is 1. The van der Waals surface area contributed by atoms with Gasteiger partial charge in [0.15, 0.2) is 0 Å². The van der Waals surface area contributed by atoms with E-state index < -0.39 is 24.9 Å². The van der Waals surface area contributed by atoms with Crippen molar-refractivity contribution in [3.8, 4) is 11.8 Å². The van der Waals surface area contributed by atoms with Crippen LogP contribution in [0.15, 0.2) is 23.3 Å². The molecule has 2 saturated heterocycles. The zero-order valence-electron chi connectivity index (χ0n) is 21.1. The summed E-state index contributed by atoms with van der Waals surface area (Å²) in [6.45, 7) is 2.76. The van der Waals surface area contributed by atoms with Gasteiger partial charge in [-0.15, -0.1) is 0 Å². The van der Waals surface area contributed by atoms with Crippen molar-refractivity contribution in [3.05, 3.63) is 35.3 Å². The molecule has 2 aromatic rings. The summed E-state index contributed by atoms with van der Waals surface area (Å²) in [5, 5.41) is 0. The molecule has 10 nitrogen and oxygen atoms in total. The standard InChI is InChI=1S/C25H30F2N6O4/c1-15(12-35-2)37-24-30-17(23(34)33-13-25(26,27)14-33)10-20(31-24)32-8-5-16(6-9-32)22-21-18(11-29-22)28-7-4-19(21)36-3/h4,7,10,15-16H,5-6,8-9,11-14H2,1-3H3/t15-/m1/s1. The predicted octanol–water partition coefficient (Wildman–Crippen LogP) is 2.60. The lowest BCUT2D eigenvalue weighted by atomic mass is 9.88. The van der Waals surface area contributed by atoms with E-state index in [9.17, 15) is 13.6 Å². The van der Waals surface area contributed by atoms with Crippen molar-refractivity contribution in [3.63, 3.8) is 0 Å². The van der Waals surface area contributed by atoms with Gasteiger partial charge in [0.1, 0.15) is 23.4 Å². The maximum absolute atomic E-state index is 13.4. The summed E-state index contributed by atoms with van der Waals surface area (Å²) in [5.41, 5.74) is 2.98. The van der Waals surface area contributed by atoms with E-state index in [0.29, 0.717) is 32.1 Å². The summed E-state index contributed by atoms with van der Waals surface area (Å²) in [6, 6.07) is 3.43. The molecule has 198 valence electrons. The number of aromatic nitrogens is 3. The molecule has 0 spiro atoms. The third-order valence-corrected chi connectivity index (χ3v) is 6.82. The zero-order chi connectivity index (χ0) is 26.2. The molecule has 0 aromatic carbocycles. The Morgan fingerprint density at radius 1 is 1.22 bits per heavy atom. The van der Waals surface area contributed by atoms with Crippen LogP contribution in [0.2, 0.25) is 0 Å². The van der Waals surface area contributed by atoms with Gasteiger partial charge in [0.2, 0.25) is 0 Å². The summed E-state index contributed by atoms with van der Waals surface area (Å²) in [5.74, 6) is -1.88. The second kappa shape index (κ2) is 10.2. The van der Waals surface area contributed by atoms with E-state index >= 15 is 0 Å². The number of aliphatic imine (C=N–C) groups is 1. The minimum atomic E-state index is -2.86. The topological polar surface area (TPSA) is 102 Å². The normalized spacial score (nSPS) is 19.6. The highest BCUT2D eigenvalue weighted by Crippen LogP contribution is 2.35. The number of ether oxygens (including phenoxy) is 3. The minimum absolute atomic E-state index is 0.0183. The van der Waals surface area contributed by atoms with Gasteiger partial charge in [-0.3, -0.25) is 14.8 Å². The van der Waals surface area contributed by atoms with Crippen molar-refractivity contribution < 1.29 is 27.8 Å². The third kappa shape index (κ3) is 5.20. The van der Waals surface area contributed by atoms with Crippen molar-refractivity contribution in [2.45, 2.75) is 38.3 Å². The number of nitrogens with zero attached hydrogens (tertiary/aromatic N) is 6. The highest BCUT2D eigenvalue weighted by atomic mass is 19.3. The number of carbonyl (C=O) groups is 1. The number of hydrogen-bond donors (Lipinski definition) is 0. The van der Waals surface area contributed by atoms with Crippen LogP contribution in [0.5, 0.6) is 11.8 Å². The van der Waals surface area contributed by atoms with Crippen LogP contribution in [0, 0.1) is 5.92 Å². The number of rotatable bonds is 8. The molecule has 1 amide bonds. The number of halogens is 2. The average molecular weight is 517 g/mol. The molecular formula is C25H30F2N6O4. The first-order valence-electron chi connectivity index (χ1n) is 12.3. The van der Waals surface area contributed by atoms with Crippen LogP contribution in [0.25, 0.3) is 0 Å². The number of pyridine rings is 1. The molecule has 0 unspecified atom stereocenters. The lowest BCUT2D eigenvalue weighted by Crippen LogP contribution is -2.58. The van der Waals surface area contributed by atoms with Gasteiger partial charge in [0.05, 0.1) is 50.3 Å². The number of methoxy groups -OCH3 is 2. The lowest BCUT2D eigenvalue weighted by Gasteiger charge is -2.38. The first kappa shape index (κ1) is 25.2. The van der Waals surface area contributed by atoms with Crippen LogP contribution in [-0.2, 0) is 11.3 Å². The first-order valence-corrected chi connectivity index (χ1v) is 12.3. The molecule has 0 saturated carbocycles. The number of carbonyl (C=O) groups excluding carboxylic acids is 1. The smallest absolute Gasteiger partial charge is 0.319 e. The molecule has 12 heteroatoms. The maximum Gasteiger partial charge on any atom is 0.319 e. The molecule has 2 fully saturated rings. The van der Waals surface area contributed by atoms with Crippen molar-refractivity contribution in [2.24, 2.45) is 10.9 Å². The number of alkyl halides is 2. The Kier molecular flexibility index (Phi) is 6.93. The number of hydrogen-bond acceptors (Lipinski definition) is 9. The van der Waals surface area contributed by atoms with Crippen LogP contribution >= 0.6 is 0 Å². The van der Waals surface area contributed by atoms with Gasteiger partial charge in [0, 0.05) is 38.4 Å². The van der Waals surface area contributed by atoms with Gasteiger partial charge in [-0.1, -0.05) is 0 Å². The van der Waals surface area contributed by atoms with Crippen molar-refractivity contribution in [2.75, 3.05) is 51.9 Å². The Morgan fingerprint density at radius 2 is 1.97 bits per heavy atom. The third-order valence-electron chi connectivity index (χ3n) is 6.82. The second-order valence-corrected chi connectivity index (χ2v) is 9.59. The minimum Gasteiger partial charge on any atom is -0.496 e. The van der Waals surface area contributed by atoms with E-state index in [0.717, 1.165) is 40.5 Å². The van der Waals surface area contributed by atoms with Gasteiger partial charge >= 0.3 is 6.01 Å². The van der Waals surface area contributed by atoms with Crippen molar-refractivity contribution in [1.82, 2.24) is 19.9 Å². The fourth-order valence-electron chi connectivity index (χ4n) is 5.01. The van der Waals surface area contributed by atoms with Gasteiger partial charge in [-0.05, 0) is 25.8 Å². The summed E-state index contributed by atoms with van der Waals surface area (Å²) in [6.07, 6.45) is 3.02. The molecule has 2 aromatic heterocycles. The fourth-order valence-corrected chi connectivity index (χ4v) is 5.01. The molecule has 0 bridgehead atoms. The second-order valence-electron chi connectivity index (χ2n) is 9.59. The number of fused-ring (bicyclic) bond motifs is 1. The highest BCUT2D eigenvalue weighted by Gasteiger charge is 2.47. The number of anilines is 1. The Morgan fingerprint density at radius 3 is 2.65 bits per heavy atom. The van der Waals surface area contributed by atoms with E-state index in [1.807, 2.05) is 6.07 Å². The van der Waals surface area contributed by atoms with Crippen LogP contribution in [0.1, 0.15) is 41.5 Å². The fraction of sp³-hybridized carbons (Fsp3) is 0.560. The van der Waals surface area contributed by atoms with E-state index in [-0.39, 0.29) is 23.7 Å². The average Bonchev–Trinajstić information content (AvgIpc) is 3.31. The molecule has 3 aliphatic rings. The summed E-state index contributed by atoms with van der Waals surface area (Å²) in [4.78, 5) is 34.0. The molecule has 5 heterocycles. The van der Waals surface area contributed by atoms with Crippen LogP contribution in [0.3, 0.4) is 0 Å².